The second kappa shape index (κ2) is 12.8. The summed E-state index contributed by atoms with van der Waals surface area (Å²) in [4.78, 5) is 34.7. The van der Waals surface area contributed by atoms with Crippen LogP contribution in [0.15, 0.2) is 49.1 Å². The average Bonchev–Trinajstić information content (AvgIpc) is 3.02. The molecule has 4 heterocycles. The zero-order chi connectivity index (χ0) is 30.8. The van der Waals surface area contributed by atoms with E-state index in [1.165, 1.54) is 28.1 Å². The number of aromatic nitrogens is 2. The summed E-state index contributed by atoms with van der Waals surface area (Å²) in [6, 6.07) is 13.0. The Morgan fingerprint density at radius 1 is 1.14 bits per heavy atom. The number of ether oxygens (including phenoxy) is 2. The molecule has 0 spiro atoms. The van der Waals surface area contributed by atoms with Gasteiger partial charge in [0.15, 0.2) is 0 Å². The van der Waals surface area contributed by atoms with Gasteiger partial charge in [0, 0.05) is 55.9 Å². The maximum Gasteiger partial charge on any atom is 0.318 e. The van der Waals surface area contributed by atoms with Gasteiger partial charge in [-0.25, -0.2) is 6.57 Å². The summed E-state index contributed by atoms with van der Waals surface area (Å²) < 4.78 is 12.3. The van der Waals surface area contributed by atoms with Crippen molar-refractivity contribution in [1.82, 2.24) is 19.8 Å². The molecule has 0 saturated carbocycles. The van der Waals surface area contributed by atoms with Crippen LogP contribution in [0.25, 0.3) is 15.6 Å². The van der Waals surface area contributed by atoms with Gasteiger partial charge in [0.1, 0.15) is 18.5 Å². The molecule has 10 heteroatoms. The molecule has 0 radical (unpaired) electrons. The Balaban J connectivity index is 1.30. The number of anilines is 2. The third kappa shape index (κ3) is 6.07. The van der Waals surface area contributed by atoms with Gasteiger partial charge in [-0.2, -0.15) is 9.97 Å². The Labute approximate surface area is 259 Å². The number of likely N-dealkylation sites (tertiary alicyclic amines) is 1. The predicted molar refractivity (Wildman–Crippen MR) is 172 cm³/mol. The number of likely N-dealkylation sites (N-methyl/N-ethyl adjacent to an activating group) is 1. The Kier molecular flexibility index (Phi) is 8.69. The zero-order valence-corrected chi connectivity index (χ0v) is 25.9. The second-order valence-corrected chi connectivity index (χ2v) is 12.2. The minimum absolute atomic E-state index is 0.0940. The molecule has 0 N–H and O–H groups in total. The average molecular weight is 596 g/mol. The number of benzene rings is 2. The van der Waals surface area contributed by atoms with E-state index < -0.39 is 0 Å². The number of amides is 1. The number of rotatable bonds is 9. The Bertz CT molecular complexity index is 1580. The molecule has 6 rings (SSSR count). The predicted octanol–water partition coefficient (Wildman–Crippen LogP) is 3.72. The summed E-state index contributed by atoms with van der Waals surface area (Å²) in [5.41, 5.74) is 4.51. The van der Waals surface area contributed by atoms with Crippen LogP contribution in [0.2, 0.25) is 0 Å². The van der Waals surface area contributed by atoms with Crippen LogP contribution in [0, 0.1) is 13.5 Å². The van der Waals surface area contributed by atoms with Crippen molar-refractivity contribution in [2.24, 2.45) is 0 Å². The fraction of sp³-hybridized carbons (Fsp3) is 0.471. The van der Waals surface area contributed by atoms with Crippen LogP contribution in [-0.4, -0.2) is 103 Å². The number of carbonyl (C=O) groups excluding carboxylic acids is 1. The highest BCUT2D eigenvalue weighted by atomic mass is 16.5. The number of nitrogens with zero attached hydrogens (tertiary/aromatic N) is 7. The normalized spacial score (nSPS) is 19.7. The summed E-state index contributed by atoms with van der Waals surface area (Å²) >= 11 is 0. The van der Waals surface area contributed by atoms with Gasteiger partial charge in [0.05, 0.1) is 24.4 Å². The van der Waals surface area contributed by atoms with Crippen molar-refractivity contribution in [3.8, 4) is 6.01 Å². The fourth-order valence-electron chi connectivity index (χ4n) is 6.69. The molecular weight excluding hydrogens is 554 g/mol. The first-order valence-electron chi connectivity index (χ1n) is 15.5. The van der Waals surface area contributed by atoms with Crippen LogP contribution < -0.4 is 14.5 Å². The molecule has 3 aliphatic rings. The summed E-state index contributed by atoms with van der Waals surface area (Å²) in [5.74, 6) is 0.702. The summed E-state index contributed by atoms with van der Waals surface area (Å²) in [6.07, 6.45) is 2.24. The topological polar surface area (TPSA) is 78.6 Å². The summed E-state index contributed by atoms with van der Waals surface area (Å²) in [7, 11) is 2.09. The molecule has 2 fully saturated rings. The third-order valence-electron chi connectivity index (χ3n) is 8.90. The van der Waals surface area contributed by atoms with E-state index in [2.05, 4.69) is 76.5 Å². The minimum Gasteiger partial charge on any atom is -0.461 e. The molecule has 44 heavy (non-hydrogen) atoms. The van der Waals surface area contributed by atoms with Gasteiger partial charge in [-0.1, -0.05) is 36.9 Å². The molecule has 1 aromatic heterocycles. The molecule has 2 saturated heterocycles. The van der Waals surface area contributed by atoms with Gasteiger partial charge in [0.25, 0.3) is 0 Å². The molecule has 2 atom stereocenters. The van der Waals surface area contributed by atoms with Crippen LogP contribution in [0.1, 0.15) is 23.7 Å². The molecule has 1 amide bonds. The van der Waals surface area contributed by atoms with Gasteiger partial charge in [-0.15, -0.1) is 0 Å². The van der Waals surface area contributed by atoms with Crippen molar-refractivity contribution >= 4 is 28.2 Å². The number of fused-ring (bicyclic) bond motifs is 2. The van der Waals surface area contributed by atoms with Gasteiger partial charge in [-0.3, -0.25) is 4.79 Å². The number of hydrogen-bond donors (Lipinski definition) is 0. The van der Waals surface area contributed by atoms with Crippen molar-refractivity contribution in [1.29, 1.82) is 0 Å². The maximum atomic E-state index is 12.6. The van der Waals surface area contributed by atoms with Gasteiger partial charge in [0.2, 0.25) is 12.5 Å². The quantitative estimate of drug-likeness (QED) is 0.274. The van der Waals surface area contributed by atoms with Crippen molar-refractivity contribution < 1.29 is 14.3 Å². The van der Waals surface area contributed by atoms with Gasteiger partial charge < -0.3 is 33.9 Å². The lowest BCUT2D eigenvalue weighted by Gasteiger charge is -2.41. The van der Waals surface area contributed by atoms with E-state index in [9.17, 15) is 4.79 Å². The Morgan fingerprint density at radius 3 is 2.68 bits per heavy atom. The summed E-state index contributed by atoms with van der Waals surface area (Å²) in [6.45, 7) is 20.9. The maximum absolute atomic E-state index is 12.6. The highest BCUT2D eigenvalue weighted by Crippen LogP contribution is 2.36. The van der Waals surface area contributed by atoms with E-state index in [4.69, 9.17) is 26.0 Å². The SMILES string of the molecule is [C-]#[N+]C[C@H]1CN(c2nc(OC[C@H](C)OC3CN(C)C3)nc3c2CCN(c2cccc4cccc(C)c24)C3)CCN1C(=O)C=C. The van der Waals surface area contributed by atoms with E-state index in [0.29, 0.717) is 38.8 Å². The first kappa shape index (κ1) is 29.9. The number of carbonyl (C=O) groups is 1. The molecule has 0 bridgehead atoms. The lowest BCUT2D eigenvalue weighted by atomic mass is 9.99. The van der Waals surface area contributed by atoms with Crippen LogP contribution >= 0.6 is 0 Å². The monoisotopic (exact) mass is 595 g/mol. The Morgan fingerprint density at radius 2 is 1.93 bits per heavy atom. The van der Waals surface area contributed by atoms with Crippen LogP contribution in [-0.2, 0) is 22.5 Å². The standard InChI is InChI=1S/C34H41N7O3/c1-6-31(42)41-16-15-40(18-26(41)17-35-4)33-28-13-14-39(30-12-8-11-25-10-7-9-23(2)32(25)30)21-29(28)36-34(37-33)43-22-24(3)44-27-19-38(5)20-27/h6-12,24,26-27H,1,13-22H2,2-3,5H3/t24-,26-/m0/s1. The van der Waals surface area contributed by atoms with Crippen LogP contribution in [0.3, 0.4) is 0 Å². The van der Waals surface area contributed by atoms with Crippen molar-refractivity contribution in [3.63, 3.8) is 0 Å². The van der Waals surface area contributed by atoms with E-state index in [-0.39, 0.29) is 30.7 Å². The van der Waals surface area contributed by atoms with Gasteiger partial charge >= 0.3 is 6.01 Å². The van der Waals surface area contributed by atoms with E-state index in [1.807, 2.05) is 6.92 Å². The molecular formula is C34H41N7O3. The molecule has 3 aliphatic heterocycles. The van der Waals surface area contributed by atoms with Crippen molar-refractivity contribution in [3.05, 3.63) is 77.3 Å². The smallest absolute Gasteiger partial charge is 0.318 e. The molecule has 3 aromatic rings. The largest absolute Gasteiger partial charge is 0.461 e. The van der Waals surface area contributed by atoms with Crippen molar-refractivity contribution in [2.75, 3.05) is 69.3 Å². The molecule has 2 aromatic carbocycles. The number of aryl methyl sites for hydroxylation is 1. The van der Waals surface area contributed by atoms with E-state index >= 15 is 0 Å². The summed E-state index contributed by atoms with van der Waals surface area (Å²) in [5, 5.41) is 2.49. The van der Waals surface area contributed by atoms with Crippen LogP contribution in [0.5, 0.6) is 6.01 Å². The second-order valence-electron chi connectivity index (χ2n) is 12.2. The molecule has 10 nitrogen and oxygen atoms in total. The van der Waals surface area contributed by atoms with Crippen molar-refractivity contribution in [2.45, 2.75) is 45.1 Å². The zero-order valence-electron chi connectivity index (χ0n) is 25.9. The number of piperazine rings is 1. The minimum atomic E-state index is -0.241. The Hall–Kier alpha value is -4.20. The highest BCUT2D eigenvalue weighted by Gasteiger charge is 2.35. The lowest BCUT2D eigenvalue weighted by Crippen LogP contribution is -2.56. The van der Waals surface area contributed by atoms with E-state index in [0.717, 1.165) is 43.1 Å². The first-order valence-corrected chi connectivity index (χ1v) is 15.5. The van der Waals surface area contributed by atoms with Crippen LogP contribution in [0.4, 0.5) is 11.5 Å². The first-order chi connectivity index (χ1) is 21.3. The van der Waals surface area contributed by atoms with Gasteiger partial charge in [-0.05, 0) is 50.4 Å². The third-order valence-corrected chi connectivity index (χ3v) is 8.90. The number of hydrogen-bond acceptors (Lipinski definition) is 8. The molecule has 0 unspecified atom stereocenters. The fourth-order valence-corrected chi connectivity index (χ4v) is 6.69. The molecule has 0 aliphatic carbocycles. The van der Waals surface area contributed by atoms with E-state index in [1.54, 1.807) is 4.90 Å². The highest BCUT2D eigenvalue weighted by molar-refractivity contribution is 5.97. The lowest BCUT2D eigenvalue weighted by molar-refractivity contribution is -0.128. The molecule has 230 valence electrons.